The van der Waals surface area contributed by atoms with Crippen LogP contribution < -0.4 is 9.64 Å². The van der Waals surface area contributed by atoms with Crippen LogP contribution in [0.4, 0.5) is 5.69 Å². The Morgan fingerprint density at radius 3 is 2.04 bits per heavy atom. The highest BCUT2D eigenvalue weighted by atomic mass is 16.5. The van der Waals surface area contributed by atoms with E-state index >= 15 is 0 Å². The molecule has 1 N–H and O–H groups in total. The van der Waals surface area contributed by atoms with E-state index in [4.69, 9.17) is 4.74 Å². The third-order valence-electron chi connectivity index (χ3n) is 5.56. The number of benzene rings is 2. The quantitative estimate of drug-likeness (QED) is 0.891. The predicted octanol–water partition coefficient (Wildman–Crippen LogP) is 3.56. The zero-order valence-corrected chi connectivity index (χ0v) is 16.3. The van der Waals surface area contributed by atoms with Crippen LogP contribution in [0, 0.1) is 13.8 Å². The van der Waals surface area contributed by atoms with E-state index in [1.807, 2.05) is 24.3 Å². The van der Waals surface area contributed by atoms with Gasteiger partial charge < -0.3 is 14.7 Å². The van der Waals surface area contributed by atoms with Crippen molar-refractivity contribution in [3.8, 4) is 5.75 Å². The average molecular weight is 354 g/mol. The molecule has 2 aromatic rings. The van der Waals surface area contributed by atoms with Crippen LogP contribution in [0.1, 0.15) is 29.7 Å². The number of ether oxygens (including phenoxy) is 1. The smallest absolute Gasteiger partial charge is 0.118 e. The molecule has 0 amide bonds. The number of para-hydroxylation sites is 1. The maximum atomic E-state index is 10.8. The molecule has 1 aliphatic rings. The summed E-state index contributed by atoms with van der Waals surface area (Å²) in [6, 6.07) is 14.3. The molecule has 140 valence electrons. The van der Waals surface area contributed by atoms with Crippen molar-refractivity contribution in [3.05, 3.63) is 59.2 Å². The van der Waals surface area contributed by atoms with Gasteiger partial charge in [-0.2, -0.15) is 0 Å². The third-order valence-corrected chi connectivity index (χ3v) is 5.56. The maximum Gasteiger partial charge on any atom is 0.118 e. The molecule has 4 heteroatoms. The first-order valence-electron chi connectivity index (χ1n) is 9.38. The minimum absolute atomic E-state index is 0.0866. The number of aliphatic hydroxyl groups excluding tert-OH is 1. The summed E-state index contributed by atoms with van der Waals surface area (Å²) < 4.78 is 5.20. The molecular formula is C22H30N2O2. The van der Waals surface area contributed by atoms with Crippen LogP contribution >= 0.6 is 0 Å². The molecule has 0 aromatic heterocycles. The number of methoxy groups -OCH3 is 1. The zero-order valence-electron chi connectivity index (χ0n) is 16.3. The van der Waals surface area contributed by atoms with Gasteiger partial charge in [0.1, 0.15) is 5.75 Å². The van der Waals surface area contributed by atoms with Gasteiger partial charge in [-0.1, -0.05) is 30.3 Å². The van der Waals surface area contributed by atoms with E-state index in [1.165, 1.54) is 16.8 Å². The summed E-state index contributed by atoms with van der Waals surface area (Å²) >= 11 is 0. The number of piperazine rings is 1. The van der Waals surface area contributed by atoms with Crippen molar-refractivity contribution in [3.63, 3.8) is 0 Å². The van der Waals surface area contributed by atoms with Gasteiger partial charge in [0.15, 0.2) is 0 Å². The van der Waals surface area contributed by atoms with E-state index in [0.29, 0.717) is 0 Å². The fraction of sp³-hybridized carbons (Fsp3) is 0.455. The number of aliphatic hydroxyl groups is 1. The Balaban J connectivity index is 1.63. The SMILES string of the molecule is COc1ccc(C(O)C(C)N2CCN(c3c(C)cccc3C)CC2)cc1. The third kappa shape index (κ3) is 3.87. The first-order chi connectivity index (χ1) is 12.5. The van der Waals surface area contributed by atoms with Crippen LogP contribution in [0.15, 0.2) is 42.5 Å². The van der Waals surface area contributed by atoms with Crippen molar-refractivity contribution in [1.82, 2.24) is 4.90 Å². The van der Waals surface area contributed by atoms with Crippen LogP contribution in [-0.4, -0.2) is 49.3 Å². The van der Waals surface area contributed by atoms with Crippen molar-refractivity contribution in [1.29, 1.82) is 0 Å². The van der Waals surface area contributed by atoms with Gasteiger partial charge in [0, 0.05) is 37.9 Å². The molecular weight excluding hydrogens is 324 g/mol. The molecule has 1 saturated heterocycles. The normalized spacial score (nSPS) is 17.8. The molecule has 0 radical (unpaired) electrons. The van der Waals surface area contributed by atoms with Gasteiger partial charge >= 0.3 is 0 Å². The van der Waals surface area contributed by atoms with Gasteiger partial charge in [0.2, 0.25) is 0 Å². The number of hydrogen-bond acceptors (Lipinski definition) is 4. The van der Waals surface area contributed by atoms with Crippen LogP contribution in [0.2, 0.25) is 0 Å². The molecule has 3 rings (SSSR count). The molecule has 1 heterocycles. The summed E-state index contributed by atoms with van der Waals surface area (Å²) in [4.78, 5) is 4.87. The lowest BCUT2D eigenvalue weighted by molar-refractivity contribution is 0.0545. The molecule has 2 aromatic carbocycles. The van der Waals surface area contributed by atoms with Gasteiger partial charge in [0.25, 0.3) is 0 Å². The topological polar surface area (TPSA) is 35.9 Å². The van der Waals surface area contributed by atoms with E-state index < -0.39 is 6.10 Å². The fourth-order valence-corrected chi connectivity index (χ4v) is 3.94. The fourth-order valence-electron chi connectivity index (χ4n) is 3.94. The molecule has 0 spiro atoms. The minimum Gasteiger partial charge on any atom is -0.497 e. The van der Waals surface area contributed by atoms with Crippen molar-refractivity contribution in [2.24, 2.45) is 0 Å². The molecule has 1 aliphatic heterocycles. The van der Waals surface area contributed by atoms with Crippen molar-refractivity contribution in [2.45, 2.75) is 32.9 Å². The minimum atomic E-state index is -0.493. The summed E-state index contributed by atoms with van der Waals surface area (Å²) in [5.74, 6) is 0.816. The number of anilines is 1. The number of hydrogen-bond donors (Lipinski definition) is 1. The van der Waals surface area contributed by atoms with E-state index in [2.05, 4.69) is 48.8 Å². The molecule has 0 aliphatic carbocycles. The molecule has 2 atom stereocenters. The van der Waals surface area contributed by atoms with Crippen LogP contribution in [0.5, 0.6) is 5.75 Å². The van der Waals surface area contributed by atoms with Gasteiger partial charge in [-0.05, 0) is 49.6 Å². The summed E-state index contributed by atoms with van der Waals surface area (Å²) in [5.41, 5.74) is 4.99. The molecule has 2 unspecified atom stereocenters. The monoisotopic (exact) mass is 354 g/mol. The van der Waals surface area contributed by atoms with Gasteiger partial charge in [0.05, 0.1) is 13.2 Å². The zero-order chi connectivity index (χ0) is 18.7. The predicted molar refractivity (Wildman–Crippen MR) is 107 cm³/mol. The van der Waals surface area contributed by atoms with Gasteiger partial charge in [-0.15, -0.1) is 0 Å². The second-order valence-electron chi connectivity index (χ2n) is 7.22. The first kappa shape index (κ1) is 18.7. The maximum absolute atomic E-state index is 10.8. The lowest BCUT2D eigenvalue weighted by atomic mass is 10.0. The summed E-state index contributed by atoms with van der Waals surface area (Å²) in [5, 5.41) is 10.8. The van der Waals surface area contributed by atoms with Gasteiger partial charge in [-0.25, -0.2) is 0 Å². The molecule has 4 nitrogen and oxygen atoms in total. The largest absolute Gasteiger partial charge is 0.497 e. The average Bonchev–Trinajstić information content (AvgIpc) is 2.67. The summed E-state index contributed by atoms with van der Waals surface area (Å²) in [7, 11) is 1.66. The lowest BCUT2D eigenvalue weighted by Crippen LogP contribution is -2.51. The standard InChI is InChI=1S/C22H30N2O2/c1-16-6-5-7-17(2)21(16)24-14-12-23(13-15-24)18(3)22(25)19-8-10-20(26-4)11-9-19/h5-11,18,22,25H,12-15H2,1-4H3. The highest BCUT2D eigenvalue weighted by Crippen LogP contribution is 2.28. The number of aryl methyl sites for hydroxylation is 2. The van der Waals surface area contributed by atoms with E-state index in [9.17, 15) is 5.11 Å². The Bertz CT molecular complexity index is 701. The van der Waals surface area contributed by atoms with Crippen molar-refractivity contribution < 1.29 is 9.84 Å². The molecule has 0 bridgehead atoms. The van der Waals surface area contributed by atoms with Crippen LogP contribution in [0.25, 0.3) is 0 Å². The van der Waals surface area contributed by atoms with Crippen molar-refractivity contribution >= 4 is 5.69 Å². The number of nitrogens with zero attached hydrogens (tertiary/aromatic N) is 2. The Kier molecular flexibility index (Phi) is 5.84. The van der Waals surface area contributed by atoms with Crippen LogP contribution in [0.3, 0.4) is 0 Å². The van der Waals surface area contributed by atoms with Crippen molar-refractivity contribution in [2.75, 3.05) is 38.2 Å². The van der Waals surface area contributed by atoms with E-state index in [-0.39, 0.29) is 6.04 Å². The Labute approximate surface area is 157 Å². The lowest BCUT2D eigenvalue weighted by Gasteiger charge is -2.41. The second kappa shape index (κ2) is 8.11. The Morgan fingerprint density at radius 1 is 0.923 bits per heavy atom. The molecule has 0 saturated carbocycles. The first-order valence-corrected chi connectivity index (χ1v) is 9.38. The Hall–Kier alpha value is -2.04. The van der Waals surface area contributed by atoms with E-state index in [0.717, 1.165) is 37.5 Å². The van der Waals surface area contributed by atoms with E-state index in [1.54, 1.807) is 7.11 Å². The number of rotatable bonds is 5. The highest BCUT2D eigenvalue weighted by molar-refractivity contribution is 5.59. The Morgan fingerprint density at radius 2 is 1.50 bits per heavy atom. The highest BCUT2D eigenvalue weighted by Gasteiger charge is 2.27. The summed E-state index contributed by atoms with van der Waals surface area (Å²) in [6.45, 7) is 10.4. The molecule has 26 heavy (non-hydrogen) atoms. The second-order valence-corrected chi connectivity index (χ2v) is 7.22. The summed E-state index contributed by atoms with van der Waals surface area (Å²) in [6.07, 6.45) is -0.493. The molecule has 1 fully saturated rings. The van der Waals surface area contributed by atoms with Gasteiger partial charge in [-0.3, -0.25) is 4.90 Å². The van der Waals surface area contributed by atoms with Crippen LogP contribution in [-0.2, 0) is 0 Å².